The van der Waals surface area contributed by atoms with Crippen LogP contribution in [0.3, 0.4) is 0 Å². The number of aryl methyl sites for hydroxylation is 1. The zero-order valence-corrected chi connectivity index (χ0v) is 8.57. The summed E-state index contributed by atoms with van der Waals surface area (Å²) in [6.45, 7) is 3.04. The number of nitrogens with one attached hydrogen (secondary N) is 1. The summed E-state index contributed by atoms with van der Waals surface area (Å²) in [4.78, 5) is 0. The molecular formula is C10H17N3O. The molecule has 1 aromatic heterocycles. The molecule has 0 aliphatic carbocycles. The molecule has 0 spiro atoms. The van der Waals surface area contributed by atoms with Gasteiger partial charge in [0.1, 0.15) is 0 Å². The second kappa shape index (κ2) is 4.46. The Balaban J connectivity index is 1.76. The van der Waals surface area contributed by atoms with Gasteiger partial charge in [-0.15, -0.1) is 0 Å². The minimum absolute atomic E-state index is 0.656. The molecule has 2 rings (SSSR count). The third-order valence-electron chi connectivity index (χ3n) is 2.57. The number of aromatic nitrogens is 2. The first-order chi connectivity index (χ1) is 6.84. The summed E-state index contributed by atoms with van der Waals surface area (Å²) < 4.78 is 7.40. The monoisotopic (exact) mass is 195 g/mol. The largest absolute Gasteiger partial charge is 0.490 e. The molecule has 1 aromatic rings. The first-order valence-electron chi connectivity index (χ1n) is 5.17. The summed E-state index contributed by atoms with van der Waals surface area (Å²) in [7, 11) is 1.90. The molecule has 2 heterocycles. The molecule has 1 unspecified atom stereocenters. The molecule has 0 saturated carbocycles. The zero-order chi connectivity index (χ0) is 9.80. The van der Waals surface area contributed by atoms with Crippen LogP contribution in [0, 0.1) is 5.92 Å². The first-order valence-corrected chi connectivity index (χ1v) is 5.17. The Kier molecular flexibility index (Phi) is 3.03. The molecule has 1 aliphatic rings. The predicted molar refractivity (Wildman–Crippen MR) is 54.3 cm³/mol. The smallest absolute Gasteiger partial charge is 0.157 e. The fraction of sp³-hybridized carbons (Fsp3) is 0.700. The van der Waals surface area contributed by atoms with Gasteiger partial charge in [-0.05, 0) is 19.4 Å². The molecule has 1 atom stereocenters. The Morgan fingerprint density at radius 2 is 2.64 bits per heavy atom. The molecule has 14 heavy (non-hydrogen) atoms. The van der Waals surface area contributed by atoms with E-state index in [0.29, 0.717) is 5.92 Å². The predicted octanol–water partition coefficient (Wildman–Crippen LogP) is 0.798. The van der Waals surface area contributed by atoms with Crippen molar-refractivity contribution in [3.8, 4) is 5.75 Å². The lowest BCUT2D eigenvalue weighted by atomic mass is 10.0. The fourth-order valence-corrected chi connectivity index (χ4v) is 1.75. The molecular weight excluding hydrogens is 178 g/mol. The van der Waals surface area contributed by atoms with Gasteiger partial charge in [-0.1, -0.05) is 0 Å². The summed E-state index contributed by atoms with van der Waals surface area (Å²) in [6, 6.07) is 0. The maximum Gasteiger partial charge on any atom is 0.157 e. The van der Waals surface area contributed by atoms with Crippen LogP contribution >= 0.6 is 0 Å². The maximum absolute atomic E-state index is 5.64. The van der Waals surface area contributed by atoms with Crippen molar-refractivity contribution in [3.63, 3.8) is 0 Å². The highest BCUT2D eigenvalue weighted by atomic mass is 16.5. The highest BCUT2D eigenvalue weighted by Gasteiger charge is 2.13. The molecule has 1 fully saturated rings. The molecule has 4 nitrogen and oxygen atoms in total. The average molecular weight is 195 g/mol. The van der Waals surface area contributed by atoms with Gasteiger partial charge in [0, 0.05) is 19.5 Å². The van der Waals surface area contributed by atoms with Crippen molar-refractivity contribution in [1.29, 1.82) is 0 Å². The van der Waals surface area contributed by atoms with E-state index in [9.17, 15) is 0 Å². The van der Waals surface area contributed by atoms with E-state index in [-0.39, 0.29) is 0 Å². The molecule has 0 aromatic carbocycles. The van der Waals surface area contributed by atoms with E-state index in [1.165, 1.54) is 12.8 Å². The normalized spacial score (nSPS) is 22.2. The van der Waals surface area contributed by atoms with E-state index in [0.717, 1.165) is 25.4 Å². The molecule has 78 valence electrons. The second-order valence-electron chi connectivity index (χ2n) is 3.87. The minimum atomic E-state index is 0.656. The van der Waals surface area contributed by atoms with Crippen LogP contribution in [0.15, 0.2) is 12.4 Å². The lowest BCUT2D eigenvalue weighted by molar-refractivity contribution is 0.218. The lowest BCUT2D eigenvalue weighted by Gasteiger charge is -2.22. The summed E-state index contributed by atoms with van der Waals surface area (Å²) in [6.07, 6.45) is 6.20. The average Bonchev–Trinajstić information content (AvgIpc) is 2.63. The topological polar surface area (TPSA) is 39.1 Å². The number of piperidine rings is 1. The van der Waals surface area contributed by atoms with E-state index in [1.807, 2.05) is 13.2 Å². The highest BCUT2D eigenvalue weighted by molar-refractivity contribution is 5.11. The van der Waals surface area contributed by atoms with Crippen LogP contribution in [0.5, 0.6) is 5.75 Å². The van der Waals surface area contributed by atoms with Crippen molar-refractivity contribution in [1.82, 2.24) is 15.1 Å². The standard InChI is InChI=1S/C10H17N3O/c1-13-7-10(6-12-13)14-8-9-3-2-4-11-5-9/h6-7,9,11H,2-5,8H2,1H3. The van der Waals surface area contributed by atoms with Crippen molar-refractivity contribution in [3.05, 3.63) is 12.4 Å². The Morgan fingerprint density at radius 3 is 3.29 bits per heavy atom. The van der Waals surface area contributed by atoms with Crippen LogP contribution < -0.4 is 10.1 Å². The molecule has 1 saturated heterocycles. The van der Waals surface area contributed by atoms with E-state index in [2.05, 4.69) is 10.4 Å². The van der Waals surface area contributed by atoms with Gasteiger partial charge in [0.25, 0.3) is 0 Å². The quantitative estimate of drug-likeness (QED) is 0.775. The summed E-state index contributed by atoms with van der Waals surface area (Å²) in [5, 5.41) is 7.43. The van der Waals surface area contributed by atoms with Crippen LogP contribution in [0.2, 0.25) is 0 Å². The second-order valence-corrected chi connectivity index (χ2v) is 3.87. The van der Waals surface area contributed by atoms with Gasteiger partial charge in [-0.2, -0.15) is 5.10 Å². The van der Waals surface area contributed by atoms with Crippen molar-refractivity contribution in [2.24, 2.45) is 13.0 Å². The van der Waals surface area contributed by atoms with Gasteiger partial charge < -0.3 is 10.1 Å². The highest BCUT2D eigenvalue weighted by Crippen LogP contribution is 2.13. The molecule has 4 heteroatoms. The van der Waals surface area contributed by atoms with Gasteiger partial charge in [0.05, 0.1) is 19.0 Å². The van der Waals surface area contributed by atoms with Crippen LogP contribution in [0.25, 0.3) is 0 Å². The van der Waals surface area contributed by atoms with E-state index in [1.54, 1.807) is 10.9 Å². The van der Waals surface area contributed by atoms with Crippen molar-refractivity contribution in [2.45, 2.75) is 12.8 Å². The van der Waals surface area contributed by atoms with Crippen LogP contribution in [-0.2, 0) is 7.05 Å². The third kappa shape index (κ3) is 2.48. The Morgan fingerprint density at radius 1 is 1.71 bits per heavy atom. The Bertz CT molecular complexity index is 279. The Hall–Kier alpha value is -1.03. The van der Waals surface area contributed by atoms with Gasteiger partial charge in [0.15, 0.2) is 5.75 Å². The summed E-state index contributed by atoms with van der Waals surface area (Å²) in [5.74, 6) is 1.53. The lowest BCUT2D eigenvalue weighted by Crippen LogP contribution is -2.32. The molecule has 1 N–H and O–H groups in total. The number of hydrogen-bond donors (Lipinski definition) is 1. The number of rotatable bonds is 3. The van der Waals surface area contributed by atoms with Crippen molar-refractivity contribution < 1.29 is 4.74 Å². The number of ether oxygens (including phenoxy) is 1. The van der Waals surface area contributed by atoms with Crippen molar-refractivity contribution in [2.75, 3.05) is 19.7 Å². The zero-order valence-electron chi connectivity index (χ0n) is 8.57. The fourth-order valence-electron chi connectivity index (χ4n) is 1.75. The van der Waals surface area contributed by atoms with Gasteiger partial charge >= 0.3 is 0 Å². The van der Waals surface area contributed by atoms with E-state index < -0.39 is 0 Å². The van der Waals surface area contributed by atoms with Crippen LogP contribution in [-0.4, -0.2) is 29.5 Å². The molecule has 0 amide bonds. The van der Waals surface area contributed by atoms with Crippen LogP contribution in [0.4, 0.5) is 0 Å². The van der Waals surface area contributed by atoms with Crippen molar-refractivity contribution >= 4 is 0 Å². The number of nitrogens with zero attached hydrogens (tertiary/aromatic N) is 2. The molecule has 0 bridgehead atoms. The van der Waals surface area contributed by atoms with Gasteiger partial charge in [0.2, 0.25) is 0 Å². The SMILES string of the molecule is Cn1cc(OCC2CCCNC2)cn1. The van der Waals surface area contributed by atoms with Crippen LogP contribution in [0.1, 0.15) is 12.8 Å². The van der Waals surface area contributed by atoms with E-state index in [4.69, 9.17) is 4.74 Å². The third-order valence-corrected chi connectivity index (χ3v) is 2.57. The van der Waals surface area contributed by atoms with E-state index >= 15 is 0 Å². The van der Waals surface area contributed by atoms with Gasteiger partial charge in [-0.3, -0.25) is 4.68 Å². The summed E-state index contributed by atoms with van der Waals surface area (Å²) in [5.41, 5.74) is 0. The minimum Gasteiger partial charge on any atom is -0.490 e. The molecule has 1 aliphatic heterocycles. The summed E-state index contributed by atoms with van der Waals surface area (Å²) >= 11 is 0. The molecule has 0 radical (unpaired) electrons. The maximum atomic E-state index is 5.64. The first kappa shape index (κ1) is 9.52. The van der Waals surface area contributed by atoms with Gasteiger partial charge in [-0.25, -0.2) is 0 Å². The number of hydrogen-bond acceptors (Lipinski definition) is 3. The Labute approximate surface area is 84.3 Å².